The number of furan rings is 1. The highest BCUT2D eigenvalue weighted by atomic mass is 16.3. The minimum atomic E-state index is 0.121. The molecular weight excluding hydrogens is 408 g/mol. The molecule has 0 bridgehead atoms. The highest BCUT2D eigenvalue weighted by molar-refractivity contribution is 6.30. The van der Waals surface area contributed by atoms with E-state index in [1.54, 1.807) is 6.07 Å². The number of aromatic hydroxyl groups is 2. The van der Waals surface area contributed by atoms with Crippen molar-refractivity contribution in [3.05, 3.63) is 97.1 Å². The van der Waals surface area contributed by atoms with Crippen molar-refractivity contribution in [2.45, 2.75) is 0 Å². The van der Waals surface area contributed by atoms with E-state index in [0.29, 0.717) is 22.1 Å². The van der Waals surface area contributed by atoms with Gasteiger partial charge in [-0.2, -0.15) is 0 Å². The van der Waals surface area contributed by atoms with E-state index in [0.717, 1.165) is 43.3 Å². The zero-order valence-corrected chi connectivity index (χ0v) is 17.5. The summed E-state index contributed by atoms with van der Waals surface area (Å²) in [6, 6.07) is 31.4. The molecule has 3 nitrogen and oxygen atoms in total. The van der Waals surface area contributed by atoms with E-state index in [4.69, 9.17) is 4.42 Å². The van der Waals surface area contributed by atoms with Crippen LogP contribution in [0.2, 0.25) is 0 Å². The van der Waals surface area contributed by atoms with Crippen LogP contribution in [0.3, 0.4) is 0 Å². The molecule has 0 atom stereocenters. The van der Waals surface area contributed by atoms with Crippen LogP contribution in [0.1, 0.15) is 0 Å². The molecule has 0 saturated carbocycles. The van der Waals surface area contributed by atoms with Gasteiger partial charge in [0, 0.05) is 32.7 Å². The van der Waals surface area contributed by atoms with Gasteiger partial charge in [-0.3, -0.25) is 0 Å². The molecule has 0 aliphatic rings. The fraction of sp³-hybridized carbons (Fsp3) is 0. The molecule has 0 aliphatic heterocycles. The Labute approximate surface area is 188 Å². The SMILES string of the molecule is Oc1ccc2ccccc2c1-c1c(O)c2ccccc2c2oc3ccc4ccccc4c3c12. The van der Waals surface area contributed by atoms with Gasteiger partial charge < -0.3 is 14.6 Å². The van der Waals surface area contributed by atoms with Crippen molar-refractivity contribution in [1.29, 1.82) is 0 Å². The molecule has 1 heterocycles. The van der Waals surface area contributed by atoms with Crippen molar-refractivity contribution in [3.8, 4) is 22.6 Å². The molecule has 0 spiro atoms. The number of benzene rings is 6. The fourth-order valence-electron chi connectivity index (χ4n) is 5.20. The van der Waals surface area contributed by atoms with Gasteiger partial charge in [-0.1, -0.05) is 84.9 Å². The van der Waals surface area contributed by atoms with Crippen LogP contribution in [0, 0.1) is 0 Å². The largest absolute Gasteiger partial charge is 0.507 e. The van der Waals surface area contributed by atoms with E-state index >= 15 is 0 Å². The van der Waals surface area contributed by atoms with Gasteiger partial charge in [0.05, 0.1) is 0 Å². The van der Waals surface area contributed by atoms with Gasteiger partial charge in [0.1, 0.15) is 22.7 Å². The summed E-state index contributed by atoms with van der Waals surface area (Å²) in [5.74, 6) is 0.260. The maximum atomic E-state index is 11.7. The summed E-state index contributed by atoms with van der Waals surface area (Å²) in [5.41, 5.74) is 2.66. The molecule has 0 fully saturated rings. The van der Waals surface area contributed by atoms with Crippen LogP contribution in [0.25, 0.3) is 65.4 Å². The first kappa shape index (κ1) is 18.1. The average Bonchev–Trinajstić information content (AvgIpc) is 3.25. The lowest BCUT2D eigenvalue weighted by Gasteiger charge is -2.15. The second-order valence-corrected chi connectivity index (χ2v) is 8.42. The van der Waals surface area contributed by atoms with Crippen molar-refractivity contribution < 1.29 is 14.6 Å². The van der Waals surface area contributed by atoms with Gasteiger partial charge >= 0.3 is 0 Å². The summed E-state index contributed by atoms with van der Waals surface area (Å²) in [4.78, 5) is 0. The van der Waals surface area contributed by atoms with E-state index in [1.165, 1.54) is 0 Å². The molecule has 6 aromatic carbocycles. The summed E-state index contributed by atoms with van der Waals surface area (Å²) in [5, 5.41) is 30.1. The predicted molar refractivity (Wildman–Crippen MR) is 135 cm³/mol. The first-order chi connectivity index (χ1) is 16.2. The van der Waals surface area contributed by atoms with Crippen LogP contribution in [0.5, 0.6) is 11.5 Å². The van der Waals surface area contributed by atoms with Crippen LogP contribution in [0.4, 0.5) is 0 Å². The average molecular weight is 426 g/mol. The smallest absolute Gasteiger partial charge is 0.144 e. The standard InChI is InChI=1S/C30H18O3/c31-23-15-13-17-7-1-3-9-19(17)25(23)27-28-26-20-10-4-2-8-18(20)14-16-24(26)33-30(28)22-12-6-5-11-21(22)29(27)32/h1-16,31-32H. The molecule has 33 heavy (non-hydrogen) atoms. The second-order valence-electron chi connectivity index (χ2n) is 8.42. The maximum Gasteiger partial charge on any atom is 0.144 e. The van der Waals surface area contributed by atoms with Crippen LogP contribution in [-0.4, -0.2) is 10.2 Å². The summed E-state index contributed by atoms with van der Waals surface area (Å²) in [6.45, 7) is 0. The lowest BCUT2D eigenvalue weighted by Crippen LogP contribution is -1.88. The van der Waals surface area contributed by atoms with E-state index in [2.05, 4.69) is 18.2 Å². The Kier molecular flexibility index (Phi) is 3.57. The molecule has 3 heteroatoms. The van der Waals surface area contributed by atoms with E-state index in [9.17, 15) is 10.2 Å². The first-order valence-electron chi connectivity index (χ1n) is 10.9. The molecule has 0 radical (unpaired) electrons. The van der Waals surface area contributed by atoms with Crippen molar-refractivity contribution in [3.63, 3.8) is 0 Å². The molecule has 156 valence electrons. The quantitative estimate of drug-likeness (QED) is 0.279. The lowest BCUT2D eigenvalue weighted by atomic mass is 9.89. The molecule has 0 amide bonds. The second kappa shape index (κ2) is 6.50. The lowest BCUT2D eigenvalue weighted by molar-refractivity contribution is 0.473. The predicted octanol–water partition coefficient (Wildman–Crippen LogP) is 8.12. The summed E-state index contributed by atoms with van der Waals surface area (Å²) in [6.07, 6.45) is 0. The number of fused-ring (bicyclic) bond motifs is 8. The molecule has 0 aliphatic carbocycles. The van der Waals surface area contributed by atoms with Crippen LogP contribution < -0.4 is 0 Å². The monoisotopic (exact) mass is 426 g/mol. The van der Waals surface area contributed by atoms with Crippen LogP contribution in [-0.2, 0) is 0 Å². The zero-order valence-electron chi connectivity index (χ0n) is 17.5. The van der Waals surface area contributed by atoms with E-state index < -0.39 is 0 Å². The summed E-state index contributed by atoms with van der Waals surface area (Å²) < 4.78 is 6.45. The Morgan fingerprint density at radius 3 is 1.88 bits per heavy atom. The Bertz CT molecular complexity index is 1890. The van der Waals surface area contributed by atoms with Crippen LogP contribution >= 0.6 is 0 Å². The van der Waals surface area contributed by atoms with Crippen molar-refractivity contribution in [2.75, 3.05) is 0 Å². The molecule has 0 unspecified atom stereocenters. The van der Waals surface area contributed by atoms with Crippen molar-refractivity contribution in [2.24, 2.45) is 0 Å². The highest BCUT2D eigenvalue weighted by Gasteiger charge is 2.25. The summed E-state index contributed by atoms with van der Waals surface area (Å²) in [7, 11) is 0. The fourth-order valence-corrected chi connectivity index (χ4v) is 5.20. The maximum absolute atomic E-state index is 11.7. The number of rotatable bonds is 1. The van der Waals surface area contributed by atoms with E-state index in [1.807, 2.05) is 72.8 Å². The Morgan fingerprint density at radius 2 is 1.09 bits per heavy atom. The first-order valence-corrected chi connectivity index (χ1v) is 10.9. The van der Waals surface area contributed by atoms with Crippen molar-refractivity contribution in [1.82, 2.24) is 0 Å². The van der Waals surface area contributed by atoms with Gasteiger partial charge in [0.15, 0.2) is 0 Å². The summed E-state index contributed by atoms with van der Waals surface area (Å²) >= 11 is 0. The third-order valence-corrected chi connectivity index (χ3v) is 6.65. The zero-order chi connectivity index (χ0) is 22.1. The minimum absolute atomic E-state index is 0.121. The molecule has 1 aromatic heterocycles. The third-order valence-electron chi connectivity index (χ3n) is 6.65. The van der Waals surface area contributed by atoms with Gasteiger partial charge in [0.2, 0.25) is 0 Å². The number of hydrogen-bond donors (Lipinski definition) is 2. The molecular formula is C30H18O3. The Balaban J connectivity index is 1.83. The normalized spacial score (nSPS) is 11.9. The number of phenols is 2. The Hall–Kier alpha value is -4.50. The van der Waals surface area contributed by atoms with E-state index in [-0.39, 0.29) is 11.5 Å². The van der Waals surface area contributed by atoms with Gasteiger partial charge in [0.25, 0.3) is 0 Å². The minimum Gasteiger partial charge on any atom is -0.507 e. The number of phenolic OH excluding ortho intramolecular Hbond substituents is 2. The van der Waals surface area contributed by atoms with Gasteiger partial charge in [-0.15, -0.1) is 0 Å². The molecule has 7 rings (SSSR count). The topological polar surface area (TPSA) is 53.6 Å². The number of hydrogen-bond acceptors (Lipinski definition) is 3. The van der Waals surface area contributed by atoms with Crippen LogP contribution in [0.15, 0.2) is 101 Å². The van der Waals surface area contributed by atoms with Gasteiger partial charge in [-0.05, 0) is 33.7 Å². The highest BCUT2D eigenvalue weighted by Crippen LogP contribution is 2.52. The Morgan fingerprint density at radius 1 is 0.485 bits per heavy atom. The molecule has 7 aromatic rings. The van der Waals surface area contributed by atoms with Crippen molar-refractivity contribution >= 4 is 54.3 Å². The molecule has 0 saturated heterocycles. The van der Waals surface area contributed by atoms with Gasteiger partial charge in [-0.25, -0.2) is 0 Å². The third kappa shape index (κ3) is 2.39. The molecule has 2 N–H and O–H groups in total.